The molecule has 1 fully saturated rings. The van der Waals surface area contributed by atoms with Crippen molar-refractivity contribution in [2.24, 2.45) is 0 Å². The molecule has 3 aromatic carbocycles. The van der Waals surface area contributed by atoms with Gasteiger partial charge in [-0.1, -0.05) is 12.1 Å². The van der Waals surface area contributed by atoms with Gasteiger partial charge < -0.3 is 19.6 Å². The lowest BCUT2D eigenvalue weighted by molar-refractivity contribution is -0.132. The van der Waals surface area contributed by atoms with E-state index in [-0.39, 0.29) is 11.3 Å². The fourth-order valence-electron chi connectivity index (χ4n) is 4.96. The van der Waals surface area contributed by atoms with E-state index in [4.69, 9.17) is 4.74 Å². The van der Waals surface area contributed by atoms with Crippen LogP contribution >= 0.6 is 0 Å². The van der Waals surface area contributed by atoms with Crippen LogP contribution in [0, 0.1) is 6.92 Å². The highest BCUT2D eigenvalue weighted by atomic mass is 16.5. The van der Waals surface area contributed by atoms with Crippen molar-refractivity contribution in [3.05, 3.63) is 89.0 Å². The third-order valence-electron chi connectivity index (χ3n) is 7.11. The molecule has 1 unspecified atom stereocenters. The molecule has 0 spiro atoms. The molecule has 7 nitrogen and oxygen atoms in total. The predicted octanol–water partition coefficient (Wildman–Crippen LogP) is 5.54. The van der Waals surface area contributed by atoms with Gasteiger partial charge in [-0.25, -0.2) is 0 Å². The molecule has 0 radical (unpaired) electrons. The Kier molecular flexibility index (Phi) is 7.76. The van der Waals surface area contributed by atoms with Crippen LogP contribution in [0.25, 0.3) is 5.76 Å². The second kappa shape index (κ2) is 11.0. The first-order valence-electron chi connectivity index (χ1n) is 12.8. The van der Waals surface area contributed by atoms with E-state index in [1.165, 1.54) is 4.90 Å². The summed E-state index contributed by atoms with van der Waals surface area (Å²) in [6, 6.07) is 19.8. The molecule has 198 valence electrons. The molecule has 1 heterocycles. The number of hydrogen-bond acceptors (Lipinski definition) is 6. The van der Waals surface area contributed by atoms with Crippen molar-refractivity contribution >= 4 is 34.5 Å². The third-order valence-corrected chi connectivity index (χ3v) is 7.11. The lowest BCUT2D eigenvalue weighted by Crippen LogP contribution is -2.29. The van der Waals surface area contributed by atoms with Crippen LogP contribution in [0.15, 0.2) is 72.3 Å². The molecular weight excluding hydrogens is 478 g/mol. The monoisotopic (exact) mass is 513 g/mol. The summed E-state index contributed by atoms with van der Waals surface area (Å²) in [6.07, 6.45) is 0. The normalized spacial score (nSPS) is 16.6. The summed E-state index contributed by atoms with van der Waals surface area (Å²) >= 11 is 0. The summed E-state index contributed by atoms with van der Waals surface area (Å²) in [6.45, 7) is 7.74. The maximum absolute atomic E-state index is 13.5. The summed E-state index contributed by atoms with van der Waals surface area (Å²) in [7, 11) is 5.47. The zero-order valence-corrected chi connectivity index (χ0v) is 22.9. The quantitative estimate of drug-likeness (QED) is 0.242. The van der Waals surface area contributed by atoms with Crippen molar-refractivity contribution in [3.8, 4) is 5.75 Å². The van der Waals surface area contributed by atoms with E-state index < -0.39 is 17.7 Å². The molecule has 1 aliphatic rings. The van der Waals surface area contributed by atoms with Crippen LogP contribution in [-0.4, -0.2) is 51.1 Å². The standard InChI is InChI=1S/C31H35N3O4/c1-7-33(8-2)23-13-15-24(16-14-23)34-28(21-9-11-22(12-10-21)32(4)5)27(30(36)31(34)37)29(35)26-18-17-25(38-6)19-20(26)3/h9-19,28,35H,7-8H2,1-6H3/b29-27-. The van der Waals surface area contributed by atoms with Gasteiger partial charge in [0.15, 0.2) is 0 Å². The summed E-state index contributed by atoms with van der Waals surface area (Å²) in [5, 5.41) is 11.5. The minimum atomic E-state index is -0.785. The van der Waals surface area contributed by atoms with Crippen LogP contribution in [0.3, 0.4) is 0 Å². The lowest BCUT2D eigenvalue weighted by atomic mass is 9.93. The van der Waals surface area contributed by atoms with Gasteiger partial charge in [-0.05, 0) is 86.5 Å². The van der Waals surface area contributed by atoms with Gasteiger partial charge in [-0.15, -0.1) is 0 Å². The Labute approximate surface area is 224 Å². The van der Waals surface area contributed by atoms with Gasteiger partial charge in [0.2, 0.25) is 0 Å². The van der Waals surface area contributed by atoms with Crippen LogP contribution in [-0.2, 0) is 9.59 Å². The minimum Gasteiger partial charge on any atom is -0.507 e. The molecule has 0 bridgehead atoms. The van der Waals surface area contributed by atoms with Crippen molar-refractivity contribution in [1.29, 1.82) is 0 Å². The Balaban J connectivity index is 1.89. The van der Waals surface area contributed by atoms with E-state index in [0.29, 0.717) is 17.0 Å². The van der Waals surface area contributed by atoms with Crippen LogP contribution in [0.5, 0.6) is 5.75 Å². The van der Waals surface area contributed by atoms with Crippen molar-refractivity contribution in [2.75, 3.05) is 49.0 Å². The highest BCUT2D eigenvalue weighted by Crippen LogP contribution is 2.43. The van der Waals surface area contributed by atoms with Crippen molar-refractivity contribution in [1.82, 2.24) is 0 Å². The molecule has 1 N–H and O–H groups in total. The number of ether oxygens (including phenoxy) is 1. The topological polar surface area (TPSA) is 73.3 Å². The molecular formula is C31H35N3O4. The number of aliphatic hydroxyl groups excluding tert-OH is 1. The number of aliphatic hydroxyl groups is 1. The summed E-state index contributed by atoms with van der Waals surface area (Å²) < 4.78 is 5.30. The number of ketones is 1. The SMILES string of the molecule is CCN(CC)c1ccc(N2C(=O)C(=O)/C(=C(\O)c3ccc(OC)cc3C)C2c2ccc(N(C)C)cc2)cc1. The van der Waals surface area contributed by atoms with E-state index in [1.54, 1.807) is 25.3 Å². The van der Waals surface area contributed by atoms with E-state index in [1.807, 2.05) is 74.4 Å². The van der Waals surface area contributed by atoms with Gasteiger partial charge in [0, 0.05) is 49.8 Å². The van der Waals surface area contributed by atoms with Crippen LogP contribution < -0.4 is 19.4 Å². The highest BCUT2D eigenvalue weighted by molar-refractivity contribution is 6.51. The van der Waals surface area contributed by atoms with Crippen LogP contribution in [0.4, 0.5) is 17.1 Å². The van der Waals surface area contributed by atoms with Gasteiger partial charge in [-0.2, -0.15) is 0 Å². The average molecular weight is 514 g/mol. The summed E-state index contributed by atoms with van der Waals surface area (Å²) in [4.78, 5) is 32.7. The van der Waals surface area contributed by atoms with Gasteiger partial charge in [0.05, 0.1) is 18.7 Å². The fraction of sp³-hybridized carbons (Fsp3) is 0.290. The number of methoxy groups -OCH3 is 1. The second-order valence-corrected chi connectivity index (χ2v) is 9.52. The molecule has 1 saturated heterocycles. The molecule has 1 atom stereocenters. The van der Waals surface area contributed by atoms with Gasteiger partial charge in [-0.3, -0.25) is 14.5 Å². The number of anilines is 3. The third kappa shape index (κ3) is 4.84. The Hall–Kier alpha value is -4.26. The van der Waals surface area contributed by atoms with Crippen LogP contribution in [0.1, 0.15) is 36.6 Å². The highest BCUT2D eigenvalue weighted by Gasteiger charge is 2.47. The minimum absolute atomic E-state index is 0.0636. The Bertz CT molecular complexity index is 1360. The van der Waals surface area contributed by atoms with E-state index >= 15 is 0 Å². The summed E-state index contributed by atoms with van der Waals surface area (Å²) in [5.41, 5.74) is 4.63. The van der Waals surface area contributed by atoms with E-state index in [2.05, 4.69) is 18.7 Å². The van der Waals surface area contributed by atoms with Gasteiger partial charge >= 0.3 is 0 Å². The fourth-order valence-corrected chi connectivity index (χ4v) is 4.96. The molecule has 3 aromatic rings. The lowest BCUT2D eigenvalue weighted by Gasteiger charge is -2.27. The van der Waals surface area contributed by atoms with Crippen molar-refractivity contribution in [2.45, 2.75) is 26.8 Å². The smallest absolute Gasteiger partial charge is 0.300 e. The zero-order valence-electron chi connectivity index (χ0n) is 22.9. The van der Waals surface area contributed by atoms with E-state index in [9.17, 15) is 14.7 Å². The number of carbonyl (C=O) groups is 2. The molecule has 0 aromatic heterocycles. The Morgan fingerprint density at radius 2 is 1.53 bits per heavy atom. The van der Waals surface area contributed by atoms with Crippen molar-refractivity contribution < 1.29 is 19.4 Å². The molecule has 0 saturated carbocycles. The first kappa shape index (κ1) is 26.8. The number of nitrogens with zero attached hydrogens (tertiary/aromatic N) is 3. The number of carbonyl (C=O) groups excluding carboxylic acids is 2. The van der Waals surface area contributed by atoms with Gasteiger partial charge in [0.25, 0.3) is 11.7 Å². The number of aryl methyl sites for hydroxylation is 1. The second-order valence-electron chi connectivity index (χ2n) is 9.52. The molecule has 7 heteroatoms. The maximum Gasteiger partial charge on any atom is 0.300 e. The molecule has 1 amide bonds. The predicted molar refractivity (Wildman–Crippen MR) is 153 cm³/mol. The average Bonchev–Trinajstić information content (AvgIpc) is 3.19. The number of hydrogen-bond donors (Lipinski definition) is 1. The van der Waals surface area contributed by atoms with Crippen LogP contribution in [0.2, 0.25) is 0 Å². The number of Topliss-reactive ketones (excluding diaryl/α,β-unsaturated/α-hetero) is 1. The van der Waals surface area contributed by atoms with Gasteiger partial charge in [0.1, 0.15) is 11.5 Å². The molecule has 4 rings (SSSR count). The maximum atomic E-state index is 13.5. The Morgan fingerprint density at radius 1 is 0.921 bits per heavy atom. The first-order chi connectivity index (χ1) is 18.2. The Morgan fingerprint density at radius 3 is 2.05 bits per heavy atom. The molecule has 0 aliphatic carbocycles. The summed E-state index contributed by atoms with van der Waals surface area (Å²) in [5.74, 6) is -0.946. The first-order valence-corrected chi connectivity index (χ1v) is 12.8. The number of amides is 1. The largest absolute Gasteiger partial charge is 0.507 e. The van der Waals surface area contributed by atoms with Crippen molar-refractivity contribution in [3.63, 3.8) is 0 Å². The zero-order chi connectivity index (χ0) is 27.6. The molecule has 1 aliphatic heterocycles. The number of benzene rings is 3. The molecule has 38 heavy (non-hydrogen) atoms. The van der Waals surface area contributed by atoms with E-state index in [0.717, 1.165) is 35.6 Å². The number of rotatable bonds is 8.